The Labute approximate surface area is 126 Å². The van der Waals surface area contributed by atoms with E-state index < -0.39 is 8.32 Å². The van der Waals surface area contributed by atoms with Crippen molar-refractivity contribution in [2.24, 2.45) is 0 Å². The van der Waals surface area contributed by atoms with E-state index >= 15 is 0 Å². The molecule has 0 bridgehead atoms. The van der Waals surface area contributed by atoms with Crippen molar-refractivity contribution in [2.45, 2.75) is 38.9 Å². The molecule has 0 aliphatic heterocycles. The number of anilines is 1. The van der Waals surface area contributed by atoms with E-state index in [1.807, 2.05) is 0 Å². The van der Waals surface area contributed by atoms with Gasteiger partial charge in [-0.25, -0.2) is 0 Å². The molecule has 0 fully saturated rings. The number of hydrogen-bond donors (Lipinski definition) is 1. The first-order chi connectivity index (χ1) is 8.22. The molecular weight excluding hydrogens is 353 g/mol. The van der Waals surface area contributed by atoms with E-state index in [1.54, 1.807) is 0 Å². The van der Waals surface area contributed by atoms with Gasteiger partial charge in [0.1, 0.15) is 0 Å². The van der Waals surface area contributed by atoms with Crippen LogP contribution in [0.4, 0.5) is 5.69 Å². The smallest absolute Gasteiger partial charge is 0.192 e. The molecule has 2 nitrogen and oxygen atoms in total. The highest BCUT2D eigenvalue weighted by molar-refractivity contribution is 14.1. The van der Waals surface area contributed by atoms with Gasteiger partial charge in [0.05, 0.1) is 6.61 Å². The van der Waals surface area contributed by atoms with Crippen molar-refractivity contribution < 1.29 is 4.43 Å². The number of nitrogens with one attached hydrogen (secondary N) is 1. The van der Waals surface area contributed by atoms with Gasteiger partial charge in [-0.05, 0) is 65.0 Å². The number of rotatable bonds is 5. The summed E-state index contributed by atoms with van der Waals surface area (Å²) < 4.78 is 7.37. The lowest BCUT2D eigenvalue weighted by molar-refractivity contribution is 0.301. The third-order valence-corrected chi connectivity index (χ3v) is 8.80. The minimum Gasteiger partial charge on any atom is -0.415 e. The lowest BCUT2D eigenvalue weighted by Crippen LogP contribution is -2.41. The summed E-state index contributed by atoms with van der Waals surface area (Å²) in [4.78, 5) is 0. The molecule has 4 heteroatoms. The van der Waals surface area contributed by atoms with E-state index in [0.717, 1.165) is 18.8 Å². The molecule has 0 spiro atoms. The van der Waals surface area contributed by atoms with Crippen molar-refractivity contribution in [3.8, 4) is 0 Å². The maximum atomic E-state index is 6.11. The number of benzene rings is 1. The summed E-state index contributed by atoms with van der Waals surface area (Å²) in [6.45, 7) is 13.0. The fourth-order valence-electron chi connectivity index (χ4n) is 1.29. The lowest BCUT2D eigenvalue weighted by atomic mass is 10.2. The second-order valence-corrected chi connectivity index (χ2v) is 12.1. The average Bonchev–Trinajstić information content (AvgIpc) is 2.25. The van der Waals surface area contributed by atoms with Crippen LogP contribution < -0.4 is 5.32 Å². The Bertz CT molecular complexity index is 370. The molecule has 0 amide bonds. The van der Waals surface area contributed by atoms with Gasteiger partial charge in [-0.15, -0.1) is 0 Å². The highest BCUT2D eigenvalue weighted by Crippen LogP contribution is 2.36. The van der Waals surface area contributed by atoms with Gasteiger partial charge in [-0.3, -0.25) is 0 Å². The van der Waals surface area contributed by atoms with Crippen molar-refractivity contribution in [3.05, 3.63) is 27.8 Å². The van der Waals surface area contributed by atoms with Crippen LogP contribution in [0.15, 0.2) is 24.3 Å². The summed E-state index contributed by atoms with van der Waals surface area (Å²) in [5.74, 6) is 0. The first-order valence-electron chi connectivity index (χ1n) is 6.36. The van der Waals surface area contributed by atoms with Gasteiger partial charge < -0.3 is 9.74 Å². The molecule has 1 N–H and O–H groups in total. The molecule has 1 aromatic rings. The van der Waals surface area contributed by atoms with Gasteiger partial charge in [-0.1, -0.05) is 20.8 Å². The zero-order chi connectivity index (χ0) is 13.8. The second kappa shape index (κ2) is 6.39. The van der Waals surface area contributed by atoms with Crippen molar-refractivity contribution >= 4 is 36.6 Å². The van der Waals surface area contributed by atoms with Gasteiger partial charge in [0, 0.05) is 15.8 Å². The molecule has 18 heavy (non-hydrogen) atoms. The molecule has 1 rings (SSSR count). The Hall–Kier alpha value is -0.0731. The van der Waals surface area contributed by atoms with E-state index in [4.69, 9.17) is 4.43 Å². The van der Waals surface area contributed by atoms with Crippen LogP contribution in [-0.4, -0.2) is 21.5 Å². The molecule has 0 saturated heterocycles. The van der Waals surface area contributed by atoms with Crippen LogP contribution in [0.1, 0.15) is 20.8 Å². The summed E-state index contributed by atoms with van der Waals surface area (Å²) in [5, 5.41) is 3.68. The van der Waals surface area contributed by atoms with E-state index in [0.29, 0.717) is 0 Å². The summed E-state index contributed by atoms with van der Waals surface area (Å²) in [6.07, 6.45) is 0. The number of halogens is 1. The van der Waals surface area contributed by atoms with E-state index in [9.17, 15) is 0 Å². The summed E-state index contributed by atoms with van der Waals surface area (Å²) in [5.41, 5.74) is 1.16. The topological polar surface area (TPSA) is 21.3 Å². The first-order valence-corrected chi connectivity index (χ1v) is 10.3. The van der Waals surface area contributed by atoms with Crippen LogP contribution in [-0.2, 0) is 4.43 Å². The molecule has 0 atom stereocenters. The van der Waals surface area contributed by atoms with Gasteiger partial charge in [0.25, 0.3) is 0 Å². The summed E-state index contributed by atoms with van der Waals surface area (Å²) >= 11 is 2.31. The SMILES string of the molecule is CC(C)(C)[Si](C)(C)OCCNc1ccc(I)cc1. The van der Waals surface area contributed by atoms with Crippen molar-refractivity contribution in [2.75, 3.05) is 18.5 Å². The Kier molecular flexibility index (Phi) is 5.67. The Morgan fingerprint density at radius 2 is 1.72 bits per heavy atom. The molecule has 1 aromatic carbocycles. The van der Waals surface area contributed by atoms with Gasteiger partial charge >= 0.3 is 0 Å². The largest absolute Gasteiger partial charge is 0.415 e. The summed E-state index contributed by atoms with van der Waals surface area (Å²) in [6, 6.07) is 8.43. The molecular formula is C14H24INOSi. The average molecular weight is 377 g/mol. The molecule has 0 aromatic heterocycles. The predicted molar refractivity (Wildman–Crippen MR) is 90.8 cm³/mol. The van der Waals surface area contributed by atoms with Crippen molar-refractivity contribution in [1.29, 1.82) is 0 Å². The fourth-order valence-corrected chi connectivity index (χ4v) is 2.69. The third kappa shape index (κ3) is 4.89. The lowest BCUT2D eigenvalue weighted by Gasteiger charge is -2.36. The predicted octanol–water partition coefficient (Wildman–Crippen LogP) is 4.72. The second-order valence-electron chi connectivity index (χ2n) is 6.04. The number of hydrogen-bond acceptors (Lipinski definition) is 2. The highest BCUT2D eigenvalue weighted by atomic mass is 127. The van der Waals surface area contributed by atoms with Crippen LogP contribution in [0, 0.1) is 3.57 Å². The third-order valence-electron chi connectivity index (χ3n) is 3.54. The highest BCUT2D eigenvalue weighted by Gasteiger charge is 2.36. The maximum absolute atomic E-state index is 6.11. The molecule has 0 saturated carbocycles. The van der Waals surface area contributed by atoms with Crippen molar-refractivity contribution in [3.63, 3.8) is 0 Å². The first kappa shape index (κ1) is 16.0. The molecule has 0 aliphatic rings. The maximum Gasteiger partial charge on any atom is 0.192 e. The molecule has 0 heterocycles. The monoisotopic (exact) mass is 377 g/mol. The zero-order valence-corrected chi connectivity index (χ0v) is 15.2. The van der Waals surface area contributed by atoms with Crippen LogP contribution in [0.25, 0.3) is 0 Å². The molecule has 0 radical (unpaired) electrons. The molecule has 102 valence electrons. The van der Waals surface area contributed by atoms with E-state index in [2.05, 4.69) is 86.0 Å². The van der Waals surface area contributed by atoms with Gasteiger partial charge in [0.15, 0.2) is 8.32 Å². The van der Waals surface area contributed by atoms with Gasteiger partial charge in [0.2, 0.25) is 0 Å². The van der Waals surface area contributed by atoms with Crippen LogP contribution in [0.2, 0.25) is 18.1 Å². The van der Waals surface area contributed by atoms with E-state index in [-0.39, 0.29) is 5.04 Å². The van der Waals surface area contributed by atoms with E-state index in [1.165, 1.54) is 3.57 Å². The van der Waals surface area contributed by atoms with Crippen LogP contribution in [0.3, 0.4) is 0 Å². The molecule has 0 unspecified atom stereocenters. The molecule has 0 aliphatic carbocycles. The normalized spacial score (nSPS) is 12.6. The Morgan fingerprint density at radius 1 is 1.17 bits per heavy atom. The van der Waals surface area contributed by atoms with Crippen molar-refractivity contribution in [1.82, 2.24) is 0 Å². The quantitative estimate of drug-likeness (QED) is 0.455. The minimum absolute atomic E-state index is 0.288. The minimum atomic E-state index is -1.59. The zero-order valence-electron chi connectivity index (χ0n) is 12.0. The summed E-state index contributed by atoms with van der Waals surface area (Å²) in [7, 11) is -1.59. The van der Waals surface area contributed by atoms with Crippen LogP contribution >= 0.6 is 22.6 Å². The Balaban J connectivity index is 2.33. The Morgan fingerprint density at radius 3 is 2.22 bits per heavy atom. The van der Waals surface area contributed by atoms with Crippen LogP contribution in [0.5, 0.6) is 0 Å². The van der Waals surface area contributed by atoms with Gasteiger partial charge in [-0.2, -0.15) is 0 Å². The fraction of sp³-hybridized carbons (Fsp3) is 0.571. The standard InChI is InChI=1S/C14H24INOSi/c1-14(2,3)18(4,5)17-11-10-16-13-8-6-12(15)7-9-13/h6-9,16H,10-11H2,1-5H3.